The van der Waals surface area contributed by atoms with Crippen molar-refractivity contribution in [3.63, 3.8) is 0 Å². The Hall–Kier alpha value is -2.18. The minimum absolute atomic E-state index is 0.149. The predicted octanol–water partition coefficient (Wildman–Crippen LogP) is 5.52. The lowest BCUT2D eigenvalue weighted by atomic mass is 10.2. The van der Waals surface area contributed by atoms with Gasteiger partial charge in [-0.2, -0.15) is 0 Å². The first-order valence-electron chi connectivity index (χ1n) is 7.39. The first-order valence-corrected chi connectivity index (χ1v) is 9.00. The fraction of sp³-hybridized carbons (Fsp3) is 0.111. The van der Waals surface area contributed by atoms with Crippen molar-refractivity contribution in [2.75, 3.05) is 10.6 Å². The van der Waals surface area contributed by atoms with Crippen molar-refractivity contribution in [3.05, 3.63) is 69.1 Å². The molecule has 3 rings (SSSR count). The molecule has 0 aliphatic rings. The smallest absolute Gasteiger partial charge is 0.267 e. The highest BCUT2D eigenvalue weighted by Gasteiger charge is 2.15. The average Bonchev–Trinajstić information content (AvgIpc) is 2.90. The number of anilines is 3. The molecule has 6 heteroatoms. The summed E-state index contributed by atoms with van der Waals surface area (Å²) in [5, 5.41) is 6.86. The second-order valence-corrected chi connectivity index (χ2v) is 7.30. The lowest BCUT2D eigenvalue weighted by Crippen LogP contribution is -2.11. The number of hydrogen-bond donors (Lipinski definition) is 2. The highest BCUT2D eigenvalue weighted by atomic mass is 79.9. The number of rotatable bonds is 4. The summed E-state index contributed by atoms with van der Waals surface area (Å²) in [5.74, 6) is -0.149. The van der Waals surface area contributed by atoms with Gasteiger partial charge in [0.05, 0.1) is 5.69 Å². The molecule has 0 aliphatic heterocycles. The largest absolute Gasteiger partial charge is 0.332 e. The van der Waals surface area contributed by atoms with E-state index in [2.05, 4.69) is 31.5 Å². The van der Waals surface area contributed by atoms with Crippen LogP contribution in [-0.4, -0.2) is 10.9 Å². The summed E-state index contributed by atoms with van der Waals surface area (Å²) in [7, 11) is 0. The van der Waals surface area contributed by atoms with Gasteiger partial charge in [-0.1, -0.05) is 39.4 Å². The number of aromatic nitrogens is 1. The van der Waals surface area contributed by atoms with Crippen molar-refractivity contribution in [1.29, 1.82) is 0 Å². The molecule has 122 valence electrons. The van der Waals surface area contributed by atoms with Crippen LogP contribution in [0.2, 0.25) is 0 Å². The third kappa shape index (κ3) is 4.01. The molecule has 0 saturated heterocycles. The number of aryl methyl sites for hydroxylation is 2. The Labute approximate surface area is 153 Å². The van der Waals surface area contributed by atoms with Gasteiger partial charge in [-0.3, -0.25) is 4.79 Å². The molecule has 24 heavy (non-hydrogen) atoms. The van der Waals surface area contributed by atoms with Gasteiger partial charge >= 0.3 is 0 Å². The molecule has 0 atom stereocenters. The summed E-state index contributed by atoms with van der Waals surface area (Å²) in [6.45, 7) is 3.88. The Balaban J connectivity index is 1.75. The van der Waals surface area contributed by atoms with E-state index in [9.17, 15) is 4.79 Å². The number of carbonyl (C=O) groups is 1. The molecule has 0 spiro atoms. The van der Waals surface area contributed by atoms with Crippen molar-refractivity contribution >= 4 is 49.7 Å². The quantitative estimate of drug-likeness (QED) is 0.604. The first-order chi connectivity index (χ1) is 11.5. The Kier molecular flexibility index (Phi) is 4.97. The van der Waals surface area contributed by atoms with E-state index in [0.717, 1.165) is 15.8 Å². The molecule has 1 amide bonds. The molecule has 0 aliphatic carbocycles. The van der Waals surface area contributed by atoms with Crippen LogP contribution < -0.4 is 10.6 Å². The van der Waals surface area contributed by atoms with Crippen LogP contribution in [0.4, 0.5) is 16.5 Å². The Morgan fingerprint density at radius 1 is 1.08 bits per heavy atom. The summed E-state index contributed by atoms with van der Waals surface area (Å²) in [6.07, 6.45) is 0. The van der Waals surface area contributed by atoms with Gasteiger partial charge in [0.15, 0.2) is 5.13 Å². The van der Waals surface area contributed by atoms with E-state index in [-0.39, 0.29) is 5.91 Å². The summed E-state index contributed by atoms with van der Waals surface area (Å²) in [5.41, 5.74) is 3.60. The fourth-order valence-corrected chi connectivity index (χ4v) is 3.37. The van der Waals surface area contributed by atoms with Gasteiger partial charge in [0, 0.05) is 15.8 Å². The molecule has 0 radical (unpaired) electrons. The number of amides is 1. The zero-order valence-corrected chi connectivity index (χ0v) is 15.7. The molecule has 1 aromatic heterocycles. The van der Waals surface area contributed by atoms with Gasteiger partial charge in [0.2, 0.25) is 0 Å². The van der Waals surface area contributed by atoms with Gasteiger partial charge in [-0.25, -0.2) is 4.98 Å². The third-order valence-corrected chi connectivity index (χ3v) is 4.97. The molecule has 0 saturated carbocycles. The van der Waals surface area contributed by atoms with Gasteiger partial charge in [0.1, 0.15) is 4.88 Å². The van der Waals surface area contributed by atoms with Crippen LogP contribution in [0.5, 0.6) is 0 Å². The molecular weight excluding hydrogens is 386 g/mol. The molecule has 1 heterocycles. The number of carbonyl (C=O) groups excluding carboxylic acids is 1. The average molecular weight is 402 g/mol. The number of benzene rings is 2. The van der Waals surface area contributed by atoms with Gasteiger partial charge in [-0.15, -0.1) is 0 Å². The number of halogens is 1. The number of nitrogens with one attached hydrogen (secondary N) is 2. The Morgan fingerprint density at radius 3 is 2.54 bits per heavy atom. The molecule has 2 N–H and O–H groups in total. The van der Waals surface area contributed by atoms with Gasteiger partial charge < -0.3 is 10.6 Å². The van der Waals surface area contributed by atoms with Crippen molar-refractivity contribution < 1.29 is 4.79 Å². The normalized spacial score (nSPS) is 10.5. The van der Waals surface area contributed by atoms with Crippen LogP contribution in [0.15, 0.2) is 53.0 Å². The fourth-order valence-electron chi connectivity index (χ4n) is 2.23. The molecule has 2 aromatic carbocycles. The van der Waals surface area contributed by atoms with Crippen molar-refractivity contribution in [3.8, 4) is 0 Å². The molecule has 4 nitrogen and oxygen atoms in total. The second kappa shape index (κ2) is 7.15. The minimum Gasteiger partial charge on any atom is -0.332 e. The maximum atomic E-state index is 12.5. The van der Waals surface area contributed by atoms with Crippen LogP contribution in [0, 0.1) is 13.8 Å². The zero-order valence-electron chi connectivity index (χ0n) is 13.3. The first kappa shape index (κ1) is 16.7. The van der Waals surface area contributed by atoms with Gasteiger partial charge in [-0.05, 0) is 55.8 Å². The topological polar surface area (TPSA) is 54.0 Å². The van der Waals surface area contributed by atoms with Crippen molar-refractivity contribution in [2.45, 2.75) is 13.8 Å². The lowest BCUT2D eigenvalue weighted by Gasteiger charge is -2.04. The number of hydrogen-bond acceptors (Lipinski definition) is 4. The van der Waals surface area contributed by atoms with E-state index >= 15 is 0 Å². The van der Waals surface area contributed by atoms with Crippen LogP contribution in [0.3, 0.4) is 0 Å². The summed E-state index contributed by atoms with van der Waals surface area (Å²) in [4.78, 5) is 17.5. The molecule has 0 unspecified atom stereocenters. The number of nitrogens with zero attached hydrogens (tertiary/aromatic N) is 1. The molecular formula is C18H16BrN3OS. The van der Waals surface area contributed by atoms with Crippen LogP contribution in [-0.2, 0) is 0 Å². The maximum Gasteiger partial charge on any atom is 0.267 e. The Morgan fingerprint density at radius 2 is 1.83 bits per heavy atom. The molecule has 0 bridgehead atoms. The Bertz CT molecular complexity index is 874. The van der Waals surface area contributed by atoms with Crippen LogP contribution >= 0.6 is 27.3 Å². The third-order valence-electron chi connectivity index (χ3n) is 3.37. The lowest BCUT2D eigenvalue weighted by molar-refractivity contribution is 0.103. The zero-order chi connectivity index (χ0) is 17.1. The predicted molar refractivity (Wildman–Crippen MR) is 103 cm³/mol. The van der Waals surface area contributed by atoms with E-state index < -0.39 is 0 Å². The van der Waals surface area contributed by atoms with E-state index in [1.807, 2.05) is 62.4 Å². The van der Waals surface area contributed by atoms with E-state index in [1.54, 1.807) is 0 Å². The van der Waals surface area contributed by atoms with Crippen LogP contribution in [0.1, 0.15) is 20.9 Å². The standard InChI is InChI=1S/C18H16BrN3OS/c1-11-4-3-5-15(10-11)22-18-20-12(2)16(24-18)17(23)21-14-8-6-13(19)7-9-14/h3-10H,1-2H3,(H,20,22)(H,21,23). The second-order valence-electron chi connectivity index (χ2n) is 5.39. The highest BCUT2D eigenvalue weighted by molar-refractivity contribution is 9.10. The van der Waals surface area contributed by atoms with E-state index in [0.29, 0.717) is 15.7 Å². The van der Waals surface area contributed by atoms with E-state index in [1.165, 1.54) is 16.9 Å². The minimum atomic E-state index is -0.149. The van der Waals surface area contributed by atoms with Crippen molar-refractivity contribution in [2.24, 2.45) is 0 Å². The van der Waals surface area contributed by atoms with Gasteiger partial charge in [0.25, 0.3) is 5.91 Å². The van der Waals surface area contributed by atoms with E-state index in [4.69, 9.17) is 0 Å². The highest BCUT2D eigenvalue weighted by Crippen LogP contribution is 2.27. The molecule has 3 aromatic rings. The monoisotopic (exact) mass is 401 g/mol. The van der Waals surface area contributed by atoms with Crippen LogP contribution in [0.25, 0.3) is 0 Å². The summed E-state index contributed by atoms with van der Waals surface area (Å²) in [6, 6.07) is 15.5. The molecule has 0 fully saturated rings. The summed E-state index contributed by atoms with van der Waals surface area (Å²) < 4.78 is 0.971. The summed E-state index contributed by atoms with van der Waals surface area (Å²) >= 11 is 4.73. The maximum absolute atomic E-state index is 12.5. The SMILES string of the molecule is Cc1cccc(Nc2nc(C)c(C(=O)Nc3ccc(Br)cc3)s2)c1. The van der Waals surface area contributed by atoms with Crippen molar-refractivity contribution in [1.82, 2.24) is 4.98 Å². The number of thiazole rings is 1.